The van der Waals surface area contributed by atoms with Crippen LogP contribution in [0.1, 0.15) is 103 Å². The standard InChI is InChI=1S/C43H61F3N3O11PS2/c1-41(2)34-18-7-8-19-36(34)48(25-10-15-30-62(53,54)55)38(41)20-17-21-39-42(3,4)35-32-33(22-23-37(35)49(39)26-11-16-31-63(56,57)58)61(52,59-28-13-6-5-12-27-50)60-29-14-9-24-47-40(51)43(44,45)46/h7-8,17-23,32,50H,5-6,9-16,24-31H2,1-4H3,(H2-,47,51,53,54,55,56,57,58)/p+1. The number of amides is 1. The lowest BCUT2D eigenvalue weighted by molar-refractivity contribution is -0.438. The topological polar surface area (TPSA) is 200 Å². The minimum atomic E-state index is -5.00. The normalized spacial score (nSPS) is 17.7. The van der Waals surface area contributed by atoms with Gasteiger partial charge in [0.2, 0.25) is 5.69 Å². The largest absolute Gasteiger partial charge is 0.471 e. The second kappa shape index (κ2) is 22.2. The van der Waals surface area contributed by atoms with E-state index in [1.165, 1.54) is 0 Å². The summed E-state index contributed by atoms with van der Waals surface area (Å²) in [6.45, 7) is 8.85. The zero-order valence-electron chi connectivity index (χ0n) is 36.4. The number of nitrogens with zero attached hydrogens (tertiary/aromatic N) is 2. The van der Waals surface area contributed by atoms with E-state index < -0.39 is 56.5 Å². The lowest BCUT2D eigenvalue weighted by Crippen LogP contribution is -2.37. The van der Waals surface area contributed by atoms with Gasteiger partial charge in [0.05, 0.1) is 35.4 Å². The summed E-state index contributed by atoms with van der Waals surface area (Å²) in [5.74, 6) is -2.79. The molecule has 2 aromatic rings. The number of halogens is 3. The summed E-state index contributed by atoms with van der Waals surface area (Å²) in [5.41, 5.74) is 4.30. The highest BCUT2D eigenvalue weighted by Gasteiger charge is 2.45. The van der Waals surface area contributed by atoms with Crippen molar-refractivity contribution in [3.05, 3.63) is 77.5 Å². The average molecular weight is 949 g/mol. The number of carbonyl (C=O) groups excluding carboxylic acids is 1. The van der Waals surface area contributed by atoms with Crippen LogP contribution in [0.2, 0.25) is 0 Å². The monoisotopic (exact) mass is 948 g/mol. The summed E-state index contributed by atoms with van der Waals surface area (Å²) in [4.78, 5) is 13.3. The van der Waals surface area contributed by atoms with Gasteiger partial charge in [-0.3, -0.25) is 18.5 Å². The molecule has 2 aliphatic heterocycles. The van der Waals surface area contributed by atoms with E-state index >= 15 is 0 Å². The lowest BCUT2D eigenvalue weighted by atomic mass is 9.81. The summed E-state index contributed by atoms with van der Waals surface area (Å²) in [6.07, 6.45) is 5.20. The molecule has 0 radical (unpaired) electrons. The minimum absolute atomic E-state index is 0.0483. The van der Waals surface area contributed by atoms with E-state index in [-0.39, 0.29) is 63.1 Å². The fraction of sp³-hybridized carbons (Fsp3) is 0.581. The third-order valence-electron chi connectivity index (χ3n) is 11.3. The van der Waals surface area contributed by atoms with E-state index in [0.29, 0.717) is 45.2 Å². The van der Waals surface area contributed by atoms with Crippen molar-refractivity contribution < 1.29 is 67.2 Å². The number of aliphatic hydroxyl groups is 1. The third kappa shape index (κ3) is 14.5. The summed E-state index contributed by atoms with van der Waals surface area (Å²) in [7, 11) is -12.3. The van der Waals surface area contributed by atoms with Crippen LogP contribution < -0.4 is 15.5 Å². The highest BCUT2D eigenvalue weighted by Crippen LogP contribution is 2.52. The van der Waals surface area contributed by atoms with Crippen LogP contribution >= 0.6 is 7.60 Å². The maximum Gasteiger partial charge on any atom is 0.471 e. The third-order valence-corrected chi connectivity index (χ3v) is 14.8. The number of alkyl halides is 3. The number of rotatable bonds is 26. The van der Waals surface area contributed by atoms with Crippen LogP contribution in [0.4, 0.5) is 24.5 Å². The number of hydrogen-bond donors (Lipinski definition) is 4. The molecule has 0 fully saturated rings. The first kappa shape index (κ1) is 52.2. The van der Waals surface area contributed by atoms with Gasteiger partial charge in [0.15, 0.2) is 5.71 Å². The first-order valence-corrected chi connectivity index (χ1v) is 26.0. The Morgan fingerprint density at radius 3 is 2.08 bits per heavy atom. The number of allylic oxidation sites excluding steroid dienone is 4. The van der Waals surface area contributed by atoms with Crippen LogP contribution in [0.25, 0.3) is 0 Å². The molecule has 0 saturated carbocycles. The first-order chi connectivity index (χ1) is 29.4. The number of fused-ring (bicyclic) bond motifs is 2. The van der Waals surface area contributed by atoms with E-state index in [1.807, 2.05) is 55.6 Å². The Hall–Kier alpha value is -3.42. The Morgan fingerprint density at radius 2 is 1.44 bits per heavy atom. The number of carbonyl (C=O) groups is 1. The number of benzene rings is 2. The molecule has 0 saturated heterocycles. The van der Waals surface area contributed by atoms with E-state index in [9.17, 15) is 48.5 Å². The molecule has 1 amide bonds. The summed E-state index contributed by atoms with van der Waals surface area (Å²) in [6, 6.07) is 13.2. The van der Waals surface area contributed by atoms with Crippen molar-refractivity contribution in [2.24, 2.45) is 0 Å². The fourth-order valence-electron chi connectivity index (χ4n) is 7.95. The number of aliphatic hydroxyl groups excluding tert-OH is 1. The molecule has 1 unspecified atom stereocenters. The van der Waals surface area contributed by atoms with Crippen molar-refractivity contribution >= 4 is 56.1 Å². The predicted octanol–water partition coefficient (Wildman–Crippen LogP) is 7.50. The summed E-state index contributed by atoms with van der Waals surface area (Å²) < 4.78 is 131. The summed E-state index contributed by atoms with van der Waals surface area (Å²) in [5, 5.41) is 11.2. The summed E-state index contributed by atoms with van der Waals surface area (Å²) >= 11 is 0. The molecule has 63 heavy (non-hydrogen) atoms. The van der Waals surface area contributed by atoms with Gasteiger partial charge in [-0.05, 0) is 88.6 Å². The van der Waals surface area contributed by atoms with Crippen molar-refractivity contribution in [2.75, 3.05) is 55.9 Å². The van der Waals surface area contributed by atoms with Gasteiger partial charge in [-0.1, -0.05) is 51.0 Å². The number of hydrogen-bond acceptors (Lipinski definition) is 10. The smallest absolute Gasteiger partial charge is 0.396 e. The number of unbranched alkanes of at least 4 members (excludes halogenated alkanes) is 6. The van der Waals surface area contributed by atoms with Crippen LogP contribution in [0, 0.1) is 0 Å². The molecule has 2 heterocycles. The molecule has 14 nitrogen and oxygen atoms in total. The number of anilines is 1. The van der Waals surface area contributed by atoms with E-state index in [4.69, 9.17) is 14.2 Å². The Kier molecular flexibility index (Phi) is 18.4. The maximum atomic E-state index is 14.6. The molecule has 352 valence electrons. The van der Waals surface area contributed by atoms with Gasteiger partial charge in [0.25, 0.3) is 20.2 Å². The molecule has 4 rings (SSSR count). The SMILES string of the molecule is CC1(C)C(=CC=CC2=[N+](CCCCS(=O)(=O)O)c3ccccc3C2(C)C)N(CCCCS(=O)(=O)O)c2ccc(P(=O)(OCCCCCCO)OCCCCNC(=O)C(F)(F)F)cc21. The molecule has 2 aliphatic rings. The van der Waals surface area contributed by atoms with Crippen LogP contribution in [0.3, 0.4) is 0 Å². The molecule has 0 aliphatic carbocycles. The van der Waals surface area contributed by atoms with Gasteiger partial charge in [0, 0.05) is 60.6 Å². The zero-order valence-corrected chi connectivity index (χ0v) is 38.9. The highest BCUT2D eigenvalue weighted by atomic mass is 32.2. The van der Waals surface area contributed by atoms with Crippen LogP contribution in [0.5, 0.6) is 0 Å². The first-order valence-electron chi connectivity index (χ1n) is 21.2. The number of para-hydroxylation sites is 1. The molecule has 0 bridgehead atoms. The van der Waals surface area contributed by atoms with E-state index in [2.05, 4.69) is 29.4 Å². The Balaban J connectivity index is 1.68. The molecule has 1 atom stereocenters. The van der Waals surface area contributed by atoms with Crippen LogP contribution in [-0.4, -0.2) is 104 Å². The van der Waals surface area contributed by atoms with Crippen LogP contribution in [-0.2, 0) is 49.5 Å². The van der Waals surface area contributed by atoms with Gasteiger partial charge in [-0.25, -0.2) is 0 Å². The predicted molar refractivity (Wildman–Crippen MR) is 238 cm³/mol. The van der Waals surface area contributed by atoms with Crippen molar-refractivity contribution in [1.29, 1.82) is 0 Å². The van der Waals surface area contributed by atoms with Crippen molar-refractivity contribution in [3.63, 3.8) is 0 Å². The fourth-order valence-corrected chi connectivity index (χ4v) is 10.7. The zero-order chi connectivity index (χ0) is 46.7. The van der Waals surface area contributed by atoms with Gasteiger partial charge in [-0.2, -0.15) is 34.6 Å². The molecule has 4 N–H and O–H groups in total. The molecule has 20 heteroatoms. The second-order valence-corrected chi connectivity index (χ2v) is 22.0. The van der Waals surface area contributed by atoms with Crippen LogP contribution in [0.15, 0.2) is 66.4 Å². The minimum Gasteiger partial charge on any atom is -0.396 e. The van der Waals surface area contributed by atoms with Gasteiger partial charge in [0.1, 0.15) is 6.54 Å². The lowest BCUT2D eigenvalue weighted by Gasteiger charge is -2.27. The van der Waals surface area contributed by atoms with Gasteiger partial charge in [-0.15, -0.1) is 0 Å². The maximum absolute atomic E-state index is 14.6. The van der Waals surface area contributed by atoms with Gasteiger partial charge >= 0.3 is 19.7 Å². The van der Waals surface area contributed by atoms with E-state index in [0.717, 1.165) is 40.3 Å². The average Bonchev–Trinajstić information content (AvgIpc) is 3.54. The van der Waals surface area contributed by atoms with Crippen molar-refractivity contribution in [3.8, 4) is 0 Å². The second-order valence-electron chi connectivity index (χ2n) is 16.8. The van der Waals surface area contributed by atoms with Crippen molar-refractivity contribution in [2.45, 2.75) is 109 Å². The molecular weight excluding hydrogens is 887 g/mol. The Labute approximate surface area is 369 Å². The molecule has 0 aromatic heterocycles. The molecular formula is C43H62F3N3O11PS2+. The molecule has 2 aromatic carbocycles. The van der Waals surface area contributed by atoms with E-state index in [1.54, 1.807) is 18.2 Å². The quantitative estimate of drug-likeness (QED) is 0.0314. The van der Waals surface area contributed by atoms with Crippen molar-refractivity contribution in [1.82, 2.24) is 5.32 Å². The molecule has 0 spiro atoms. The Bertz CT molecular complexity index is 2280. The van der Waals surface area contributed by atoms with Gasteiger partial charge < -0.3 is 24.4 Å². The highest BCUT2D eigenvalue weighted by molar-refractivity contribution is 7.86. The Morgan fingerprint density at radius 1 is 0.825 bits per heavy atom. The number of nitrogens with one attached hydrogen (secondary N) is 1.